The quantitative estimate of drug-likeness (QED) is 0.0222. The minimum absolute atomic E-state index is 0.00368. The molecule has 0 spiro atoms. The number of benzene rings is 1. The molecule has 0 aromatic heterocycles. The van der Waals surface area contributed by atoms with Crippen LogP contribution in [0.4, 0.5) is 4.79 Å². The van der Waals surface area contributed by atoms with E-state index >= 15 is 0 Å². The maximum absolute atomic E-state index is 13.8. The molecule has 1 fully saturated rings. The van der Waals surface area contributed by atoms with Crippen LogP contribution in [0.1, 0.15) is 167 Å². The van der Waals surface area contributed by atoms with E-state index in [1.807, 2.05) is 30.3 Å². The second-order valence-electron chi connectivity index (χ2n) is 16.2. The maximum atomic E-state index is 13.8. The molecule has 1 aromatic rings. The molecule has 61 heavy (non-hydrogen) atoms. The van der Waals surface area contributed by atoms with Gasteiger partial charge in [0, 0.05) is 6.42 Å². The first-order chi connectivity index (χ1) is 29.5. The fourth-order valence-corrected chi connectivity index (χ4v) is 7.46. The maximum Gasteiger partial charge on any atom is 0.407 e. The average Bonchev–Trinajstić information content (AvgIpc) is 3.23. The summed E-state index contributed by atoms with van der Waals surface area (Å²) >= 11 is 17.4. The second kappa shape index (κ2) is 34.3. The van der Waals surface area contributed by atoms with Crippen LogP contribution in [-0.2, 0) is 44.6 Å². The number of aliphatic hydroxyl groups excluding tert-OH is 1. The van der Waals surface area contributed by atoms with E-state index in [0.717, 1.165) is 56.9 Å². The normalized spacial score (nSPS) is 19.5. The third-order valence-corrected chi connectivity index (χ3v) is 11.0. The number of nitrogens with one attached hydrogen (secondary N) is 1. The summed E-state index contributed by atoms with van der Waals surface area (Å²) < 4.78 is 33.0. The fraction of sp³-hybridized carbons (Fsp3) is 0.766. The molecule has 0 radical (unpaired) electrons. The van der Waals surface area contributed by atoms with E-state index in [4.69, 9.17) is 63.2 Å². The lowest BCUT2D eigenvalue weighted by atomic mass is 9.96. The second-order valence-corrected chi connectivity index (χ2v) is 18.7. The first-order valence-corrected chi connectivity index (χ1v) is 24.2. The molecule has 1 aromatic carbocycles. The lowest BCUT2D eigenvalue weighted by Crippen LogP contribution is -2.66. The molecule has 0 unspecified atom stereocenters. The van der Waals surface area contributed by atoms with Gasteiger partial charge in [0.05, 0.1) is 26.2 Å². The van der Waals surface area contributed by atoms with E-state index < -0.39 is 59.2 Å². The molecule has 1 amide bonds. The summed E-state index contributed by atoms with van der Waals surface area (Å²) in [5, 5.41) is 14.2. The van der Waals surface area contributed by atoms with Crippen molar-refractivity contribution in [2.45, 2.75) is 209 Å². The Morgan fingerprint density at radius 3 is 1.93 bits per heavy atom. The number of hydrogen-bond donors (Lipinski definition) is 2. The Labute approximate surface area is 381 Å². The molecule has 0 aliphatic carbocycles. The van der Waals surface area contributed by atoms with Gasteiger partial charge in [-0.2, -0.15) is 0 Å². The van der Waals surface area contributed by atoms with Crippen molar-refractivity contribution in [1.82, 2.24) is 5.32 Å². The molecule has 0 bridgehead atoms. The topological polar surface area (TPSA) is 139 Å². The number of unbranched alkanes of at least 4 members (excludes halogenated alkanes) is 18. The summed E-state index contributed by atoms with van der Waals surface area (Å²) in [5.41, 5.74) is 0.905. The average molecular weight is 921 g/mol. The summed E-state index contributed by atoms with van der Waals surface area (Å²) in [6.07, 6.45) is 18.0. The number of carbonyl (C=O) groups is 3. The molecule has 1 heterocycles. The van der Waals surface area contributed by atoms with Crippen molar-refractivity contribution in [2.75, 3.05) is 19.8 Å². The van der Waals surface area contributed by atoms with E-state index in [2.05, 4.69) is 25.7 Å². The highest BCUT2D eigenvalue weighted by Gasteiger charge is 2.49. The van der Waals surface area contributed by atoms with Crippen molar-refractivity contribution in [3.63, 3.8) is 0 Å². The number of carbonyl (C=O) groups excluding carboxylic acids is 3. The zero-order valence-corrected chi connectivity index (χ0v) is 39.3. The zero-order valence-electron chi connectivity index (χ0n) is 37.0. The Morgan fingerprint density at radius 1 is 0.820 bits per heavy atom. The van der Waals surface area contributed by atoms with Crippen molar-refractivity contribution >= 4 is 52.8 Å². The molecule has 6 atom stereocenters. The minimum Gasteiger partial charge on any atom is -0.462 e. The van der Waals surface area contributed by atoms with Crippen LogP contribution >= 0.6 is 34.8 Å². The van der Waals surface area contributed by atoms with Gasteiger partial charge in [-0.15, -0.1) is 6.58 Å². The number of ether oxygens (including phenoxy) is 6. The summed E-state index contributed by atoms with van der Waals surface area (Å²) in [4.78, 5) is 39.9. The molecular formula is C47H76Cl3NO10. The number of aliphatic hydroxyl groups is 1. The van der Waals surface area contributed by atoms with Crippen LogP contribution in [0, 0.1) is 0 Å². The number of rotatable bonds is 35. The smallest absolute Gasteiger partial charge is 0.407 e. The van der Waals surface area contributed by atoms with E-state index in [1.54, 1.807) is 0 Å². The van der Waals surface area contributed by atoms with Crippen LogP contribution in [0.2, 0.25) is 0 Å². The SMILES string of the molecule is C=CCO[C@H]1O[C@H](COCc2ccccc2)[C@@H](O)[C@H](OC(=O)C[C@@H](CCCCCCCCCCC)OC(=O)CCCCCCCCCCCCC)[C@H]1NC(=O)OCC(Cl)(Cl)Cl. The number of halogens is 3. The van der Waals surface area contributed by atoms with Gasteiger partial charge in [0.25, 0.3) is 0 Å². The number of amides is 1. The highest BCUT2D eigenvalue weighted by Crippen LogP contribution is 2.29. The predicted molar refractivity (Wildman–Crippen MR) is 243 cm³/mol. The van der Waals surface area contributed by atoms with Gasteiger partial charge < -0.3 is 38.8 Å². The summed E-state index contributed by atoms with van der Waals surface area (Å²) in [6.45, 7) is 7.68. The van der Waals surface area contributed by atoms with Crippen LogP contribution < -0.4 is 5.32 Å². The Balaban J connectivity index is 2.13. The largest absolute Gasteiger partial charge is 0.462 e. The summed E-state index contributed by atoms with van der Waals surface area (Å²) in [5.74, 6) is -1.08. The van der Waals surface area contributed by atoms with Gasteiger partial charge in [-0.3, -0.25) is 9.59 Å². The Kier molecular flexibility index (Phi) is 30.9. The monoisotopic (exact) mass is 919 g/mol. The highest BCUT2D eigenvalue weighted by molar-refractivity contribution is 6.67. The van der Waals surface area contributed by atoms with Crippen LogP contribution in [-0.4, -0.2) is 83.5 Å². The van der Waals surface area contributed by atoms with Crippen LogP contribution in [0.5, 0.6) is 0 Å². The Morgan fingerprint density at radius 2 is 1.38 bits per heavy atom. The summed E-state index contributed by atoms with van der Waals surface area (Å²) in [6, 6.07) is 8.19. The summed E-state index contributed by atoms with van der Waals surface area (Å²) in [7, 11) is 0. The number of esters is 2. The molecule has 350 valence electrons. The van der Waals surface area contributed by atoms with Gasteiger partial charge in [-0.25, -0.2) is 4.79 Å². The van der Waals surface area contributed by atoms with E-state index in [9.17, 15) is 19.5 Å². The molecule has 14 heteroatoms. The molecule has 1 aliphatic heterocycles. The molecule has 1 saturated heterocycles. The van der Waals surface area contributed by atoms with Gasteiger partial charge in [0.2, 0.25) is 3.79 Å². The van der Waals surface area contributed by atoms with Gasteiger partial charge in [-0.1, -0.05) is 201 Å². The van der Waals surface area contributed by atoms with Crippen molar-refractivity contribution in [2.24, 2.45) is 0 Å². The van der Waals surface area contributed by atoms with Gasteiger partial charge in [0.1, 0.15) is 31.0 Å². The molecule has 11 nitrogen and oxygen atoms in total. The molecule has 2 N–H and O–H groups in total. The van der Waals surface area contributed by atoms with Crippen molar-refractivity contribution in [1.29, 1.82) is 0 Å². The highest BCUT2D eigenvalue weighted by atomic mass is 35.6. The number of alkyl carbamates (subject to hydrolysis) is 1. The minimum atomic E-state index is -1.89. The third-order valence-electron chi connectivity index (χ3n) is 10.7. The number of hydrogen-bond acceptors (Lipinski definition) is 10. The third kappa shape index (κ3) is 27.0. The van der Waals surface area contributed by atoms with Gasteiger partial charge in [0.15, 0.2) is 12.4 Å². The molecule has 2 rings (SSSR count). The molecular weight excluding hydrogens is 845 g/mol. The van der Waals surface area contributed by atoms with Crippen molar-refractivity contribution in [3.8, 4) is 0 Å². The first kappa shape index (κ1) is 55.0. The van der Waals surface area contributed by atoms with E-state index in [-0.39, 0.29) is 38.6 Å². The molecule has 1 aliphatic rings. The Bertz CT molecular complexity index is 1300. The lowest BCUT2D eigenvalue weighted by molar-refractivity contribution is -0.273. The van der Waals surface area contributed by atoms with Crippen molar-refractivity contribution < 1.29 is 47.9 Å². The first-order valence-electron chi connectivity index (χ1n) is 23.0. The van der Waals surface area contributed by atoms with E-state index in [0.29, 0.717) is 6.42 Å². The standard InChI is InChI=1S/C47H76Cl3NO10/c1-4-7-9-11-13-15-16-18-20-22-27-31-40(52)59-38(30-26-21-19-17-14-12-10-8-5-2)33-41(53)61-44-42(51-46(55)58-36-47(48,49)50)45(57-32-6-3)60-39(43(44)54)35-56-34-37-28-24-23-25-29-37/h6,23-25,28-29,38-39,42-45,54H,3-5,7-22,26-27,30-36H2,1-2H3,(H,51,55)/t38-,39-,42-,43-,44-,45+/m1/s1. The molecule has 0 saturated carbocycles. The Hall–Kier alpha value is -2.12. The number of alkyl halides is 3. The predicted octanol–water partition coefficient (Wildman–Crippen LogP) is 11.8. The van der Waals surface area contributed by atoms with Crippen LogP contribution in [0.3, 0.4) is 0 Å². The van der Waals surface area contributed by atoms with Crippen LogP contribution in [0.25, 0.3) is 0 Å². The fourth-order valence-electron chi connectivity index (χ4n) is 7.29. The lowest BCUT2D eigenvalue weighted by Gasteiger charge is -2.43. The van der Waals surface area contributed by atoms with Gasteiger partial charge >= 0.3 is 18.0 Å². The van der Waals surface area contributed by atoms with Crippen LogP contribution in [0.15, 0.2) is 43.0 Å². The van der Waals surface area contributed by atoms with Crippen molar-refractivity contribution in [3.05, 3.63) is 48.6 Å². The zero-order chi connectivity index (χ0) is 44.6. The van der Waals surface area contributed by atoms with Gasteiger partial charge in [-0.05, 0) is 24.8 Å². The van der Waals surface area contributed by atoms with E-state index in [1.165, 1.54) is 83.1 Å².